The zero-order valence-corrected chi connectivity index (χ0v) is 17.2. The smallest absolute Gasteiger partial charge is 0.173 e. The van der Waals surface area contributed by atoms with Gasteiger partial charge in [-0.1, -0.05) is 24.2 Å². The van der Waals surface area contributed by atoms with E-state index in [1.165, 1.54) is 12.1 Å². The third kappa shape index (κ3) is 3.29. The zero-order chi connectivity index (χ0) is 21.6. The van der Waals surface area contributed by atoms with Crippen LogP contribution in [0.4, 0.5) is 10.2 Å². The van der Waals surface area contributed by atoms with Crippen LogP contribution < -0.4 is 5.32 Å². The van der Waals surface area contributed by atoms with Gasteiger partial charge in [0.15, 0.2) is 5.76 Å². The number of nitrogens with one attached hydrogen (secondary N) is 1. The van der Waals surface area contributed by atoms with Crippen molar-refractivity contribution in [2.24, 2.45) is 7.05 Å². The number of halogens is 1. The number of aromatic nitrogens is 4. The monoisotopic (exact) mass is 419 g/mol. The van der Waals surface area contributed by atoms with Crippen molar-refractivity contribution in [2.75, 3.05) is 11.9 Å². The van der Waals surface area contributed by atoms with Gasteiger partial charge >= 0.3 is 0 Å². The standard InChI is InChI=1S/C23H22FN5O2/c1-3-23(30,16-5-4-6-17(24)8-16)21-9-20(28-31-21)19-12-26-22-18(19)7-14(10-25-22)15-11-27-29(2)13-15/h4-11,13,19,30H,3,12H2,1-2H3,(H,25,26). The molecule has 5 rings (SSSR count). The quantitative estimate of drug-likeness (QED) is 0.511. The number of aryl methyl sites for hydroxylation is 1. The fourth-order valence-electron chi connectivity index (χ4n) is 4.11. The molecule has 7 nitrogen and oxygen atoms in total. The second kappa shape index (κ2) is 7.31. The summed E-state index contributed by atoms with van der Waals surface area (Å²) >= 11 is 0. The van der Waals surface area contributed by atoms with Crippen molar-refractivity contribution in [1.82, 2.24) is 19.9 Å². The SMILES string of the molecule is CCC(O)(c1cccc(F)c1)c1cc(C2CNc3ncc(-c4cnn(C)c4)cc32)no1. The van der Waals surface area contributed by atoms with Crippen molar-refractivity contribution >= 4 is 5.82 Å². The van der Waals surface area contributed by atoms with Gasteiger partial charge in [-0.2, -0.15) is 5.10 Å². The summed E-state index contributed by atoms with van der Waals surface area (Å²) in [4.78, 5) is 4.55. The van der Waals surface area contributed by atoms with Crippen molar-refractivity contribution in [3.8, 4) is 11.1 Å². The number of hydrogen-bond acceptors (Lipinski definition) is 6. The van der Waals surface area contributed by atoms with E-state index < -0.39 is 11.4 Å². The molecule has 2 atom stereocenters. The molecule has 31 heavy (non-hydrogen) atoms. The van der Waals surface area contributed by atoms with Crippen LogP contribution in [0, 0.1) is 5.82 Å². The normalized spacial score (nSPS) is 17.2. The number of fused-ring (bicyclic) bond motifs is 1. The number of hydrogen-bond donors (Lipinski definition) is 2. The zero-order valence-electron chi connectivity index (χ0n) is 17.2. The first-order valence-electron chi connectivity index (χ1n) is 10.2. The fourth-order valence-corrected chi connectivity index (χ4v) is 4.11. The molecule has 0 saturated heterocycles. The summed E-state index contributed by atoms with van der Waals surface area (Å²) in [6.45, 7) is 2.44. The van der Waals surface area contributed by atoms with Gasteiger partial charge in [-0.3, -0.25) is 4.68 Å². The molecule has 0 saturated carbocycles. The van der Waals surface area contributed by atoms with Gasteiger partial charge in [0, 0.05) is 48.7 Å². The number of benzene rings is 1. The van der Waals surface area contributed by atoms with Crippen molar-refractivity contribution in [2.45, 2.75) is 24.9 Å². The number of aliphatic hydroxyl groups is 1. The molecule has 0 fully saturated rings. The fraction of sp³-hybridized carbons (Fsp3) is 0.261. The van der Waals surface area contributed by atoms with Crippen molar-refractivity contribution < 1.29 is 14.0 Å². The molecule has 0 aliphatic carbocycles. The van der Waals surface area contributed by atoms with E-state index in [0.29, 0.717) is 30.0 Å². The maximum Gasteiger partial charge on any atom is 0.173 e. The minimum absolute atomic E-state index is 0.0785. The Bertz CT molecular complexity index is 1250. The van der Waals surface area contributed by atoms with E-state index in [0.717, 1.165) is 22.5 Å². The number of rotatable bonds is 5. The summed E-state index contributed by atoms with van der Waals surface area (Å²) in [7, 11) is 1.87. The topological polar surface area (TPSA) is 89.0 Å². The number of anilines is 1. The first-order chi connectivity index (χ1) is 15.0. The lowest BCUT2D eigenvalue weighted by atomic mass is 9.87. The van der Waals surface area contributed by atoms with Gasteiger partial charge in [0.1, 0.15) is 17.2 Å². The molecule has 0 radical (unpaired) electrons. The molecule has 4 heterocycles. The lowest BCUT2D eigenvalue weighted by Crippen LogP contribution is -2.25. The van der Waals surface area contributed by atoms with Crippen LogP contribution in [0.15, 0.2) is 59.5 Å². The van der Waals surface area contributed by atoms with Crippen LogP contribution in [0.2, 0.25) is 0 Å². The number of pyridine rings is 1. The van der Waals surface area contributed by atoms with Crippen LogP contribution in [0.3, 0.4) is 0 Å². The van der Waals surface area contributed by atoms with E-state index in [4.69, 9.17) is 4.52 Å². The molecule has 1 aromatic carbocycles. The van der Waals surface area contributed by atoms with Crippen LogP contribution in [-0.2, 0) is 12.6 Å². The van der Waals surface area contributed by atoms with Crippen LogP contribution in [0.5, 0.6) is 0 Å². The molecule has 2 N–H and O–H groups in total. The molecule has 1 aliphatic heterocycles. The molecule has 8 heteroatoms. The van der Waals surface area contributed by atoms with Gasteiger partial charge in [0.2, 0.25) is 0 Å². The Morgan fingerprint density at radius 3 is 2.87 bits per heavy atom. The summed E-state index contributed by atoms with van der Waals surface area (Å²) in [5.41, 5.74) is 2.62. The van der Waals surface area contributed by atoms with E-state index in [-0.39, 0.29) is 5.92 Å². The summed E-state index contributed by atoms with van der Waals surface area (Å²) in [5.74, 6) is 0.607. The molecule has 4 aromatic rings. The second-order valence-electron chi connectivity index (χ2n) is 7.84. The van der Waals surface area contributed by atoms with E-state index in [1.54, 1.807) is 29.1 Å². The Labute approximate surface area is 178 Å². The third-order valence-electron chi connectivity index (χ3n) is 5.91. The van der Waals surface area contributed by atoms with Crippen LogP contribution in [0.1, 0.15) is 41.8 Å². The van der Waals surface area contributed by atoms with Gasteiger partial charge in [-0.15, -0.1) is 0 Å². The molecular weight excluding hydrogens is 397 g/mol. The first kappa shape index (κ1) is 19.4. The van der Waals surface area contributed by atoms with Gasteiger partial charge < -0.3 is 14.9 Å². The summed E-state index contributed by atoms with van der Waals surface area (Å²) in [5, 5.41) is 23.1. The molecule has 1 aliphatic rings. The Balaban J connectivity index is 1.50. The van der Waals surface area contributed by atoms with Crippen LogP contribution in [0.25, 0.3) is 11.1 Å². The van der Waals surface area contributed by atoms with Gasteiger partial charge in [0.25, 0.3) is 0 Å². The van der Waals surface area contributed by atoms with Gasteiger partial charge in [-0.05, 0) is 30.2 Å². The van der Waals surface area contributed by atoms with E-state index in [9.17, 15) is 9.50 Å². The molecule has 2 unspecified atom stereocenters. The molecule has 0 bridgehead atoms. The van der Waals surface area contributed by atoms with Crippen molar-refractivity contribution in [3.63, 3.8) is 0 Å². The van der Waals surface area contributed by atoms with Crippen LogP contribution >= 0.6 is 0 Å². The van der Waals surface area contributed by atoms with Gasteiger partial charge in [0.05, 0.1) is 17.8 Å². The Morgan fingerprint density at radius 1 is 1.26 bits per heavy atom. The molecule has 3 aromatic heterocycles. The minimum Gasteiger partial charge on any atom is -0.377 e. The summed E-state index contributed by atoms with van der Waals surface area (Å²) in [6.07, 6.45) is 5.88. The highest BCUT2D eigenvalue weighted by molar-refractivity contribution is 5.67. The maximum atomic E-state index is 13.8. The Morgan fingerprint density at radius 2 is 2.13 bits per heavy atom. The summed E-state index contributed by atoms with van der Waals surface area (Å²) < 4.78 is 21.1. The average Bonchev–Trinajstić information content (AvgIpc) is 3.52. The molecule has 158 valence electrons. The Kier molecular flexibility index (Phi) is 4.59. The maximum absolute atomic E-state index is 13.8. The van der Waals surface area contributed by atoms with Crippen molar-refractivity contribution in [1.29, 1.82) is 0 Å². The lowest BCUT2D eigenvalue weighted by Gasteiger charge is -2.24. The van der Waals surface area contributed by atoms with Crippen molar-refractivity contribution in [3.05, 3.63) is 83.4 Å². The molecule has 0 amide bonds. The highest BCUT2D eigenvalue weighted by Gasteiger charge is 2.36. The minimum atomic E-state index is -1.46. The highest BCUT2D eigenvalue weighted by Crippen LogP contribution is 2.39. The second-order valence-corrected chi connectivity index (χ2v) is 7.84. The third-order valence-corrected chi connectivity index (χ3v) is 5.91. The molecule has 0 spiro atoms. The van der Waals surface area contributed by atoms with E-state index in [1.807, 2.05) is 26.4 Å². The van der Waals surface area contributed by atoms with Gasteiger partial charge in [-0.25, -0.2) is 9.37 Å². The average molecular weight is 419 g/mol. The van der Waals surface area contributed by atoms with E-state index >= 15 is 0 Å². The predicted octanol–water partition coefficient (Wildman–Crippen LogP) is 3.81. The predicted molar refractivity (Wildman–Crippen MR) is 113 cm³/mol. The van der Waals surface area contributed by atoms with E-state index in [2.05, 4.69) is 26.6 Å². The number of nitrogens with zero attached hydrogens (tertiary/aromatic N) is 4. The first-order valence-corrected chi connectivity index (χ1v) is 10.2. The largest absolute Gasteiger partial charge is 0.377 e. The van der Waals surface area contributed by atoms with Crippen LogP contribution in [-0.4, -0.2) is 31.6 Å². The lowest BCUT2D eigenvalue weighted by molar-refractivity contribution is 0.0459. The highest BCUT2D eigenvalue weighted by atomic mass is 19.1. The summed E-state index contributed by atoms with van der Waals surface area (Å²) in [6, 6.07) is 9.77. The molecular formula is C23H22FN5O2. The Hall–Kier alpha value is -3.52.